The minimum atomic E-state index is 0. The van der Waals surface area contributed by atoms with Gasteiger partial charge in [0.25, 0.3) is 0 Å². The third kappa shape index (κ3) is 7.25. The van der Waals surface area contributed by atoms with Crippen LogP contribution in [0.15, 0.2) is 59.7 Å². The van der Waals surface area contributed by atoms with Crippen molar-refractivity contribution < 1.29 is 4.79 Å². The lowest BCUT2D eigenvalue weighted by molar-refractivity contribution is -0.119. The van der Waals surface area contributed by atoms with E-state index < -0.39 is 0 Å². The van der Waals surface area contributed by atoms with Crippen molar-refractivity contribution in [3.05, 3.63) is 65.9 Å². The average molecular weight is 547 g/mol. The standard InChI is InChI=1S/C25H33N5O.HI/c1-4-18(3)24(31)30-21-10-8-9-19(15-21)16-29-25(26-5-2)27-14-13-20-17-28-23-12-7-6-11-22(20)23;/h6-12,15,17-18,28H,4-5,13-14,16H2,1-3H3,(H,30,31)(H2,26,27,29);1H. The number of anilines is 1. The summed E-state index contributed by atoms with van der Waals surface area (Å²) in [5.41, 5.74) is 4.33. The number of para-hydroxylation sites is 1. The second-order valence-corrected chi connectivity index (χ2v) is 7.73. The Morgan fingerprint density at radius 2 is 1.91 bits per heavy atom. The fraction of sp³-hybridized carbons (Fsp3) is 0.360. The molecule has 0 aliphatic heterocycles. The molecular weight excluding hydrogens is 513 g/mol. The van der Waals surface area contributed by atoms with Crippen molar-refractivity contribution >= 4 is 52.4 Å². The quantitative estimate of drug-likeness (QED) is 0.172. The number of carbonyl (C=O) groups excluding carboxylic acids is 1. The number of halogens is 1. The SMILES string of the molecule is CCNC(=NCc1cccc(NC(=O)C(C)CC)c1)NCCc1c[nH]c2ccccc12.I. The van der Waals surface area contributed by atoms with E-state index in [4.69, 9.17) is 4.99 Å². The van der Waals surface area contributed by atoms with Gasteiger partial charge >= 0.3 is 0 Å². The van der Waals surface area contributed by atoms with Gasteiger partial charge in [-0.05, 0) is 49.1 Å². The molecule has 1 aromatic heterocycles. The summed E-state index contributed by atoms with van der Waals surface area (Å²) in [6, 6.07) is 16.2. The number of nitrogens with zero attached hydrogens (tertiary/aromatic N) is 1. The van der Waals surface area contributed by atoms with Crippen LogP contribution in [0.4, 0.5) is 5.69 Å². The highest BCUT2D eigenvalue weighted by Gasteiger charge is 2.10. The molecule has 0 bridgehead atoms. The third-order valence-corrected chi connectivity index (χ3v) is 5.38. The molecule has 1 amide bonds. The number of benzene rings is 2. The van der Waals surface area contributed by atoms with Crippen LogP contribution in [-0.2, 0) is 17.8 Å². The molecule has 4 N–H and O–H groups in total. The predicted molar refractivity (Wildman–Crippen MR) is 145 cm³/mol. The van der Waals surface area contributed by atoms with Gasteiger partial charge in [-0.25, -0.2) is 4.99 Å². The summed E-state index contributed by atoms with van der Waals surface area (Å²) < 4.78 is 0. The molecule has 0 spiro atoms. The van der Waals surface area contributed by atoms with Gasteiger partial charge in [-0.15, -0.1) is 24.0 Å². The second-order valence-electron chi connectivity index (χ2n) is 7.73. The van der Waals surface area contributed by atoms with Gasteiger partial charge in [0.2, 0.25) is 5.91 Å². The monoisotopic (exact) mass is 547 g/mol. The van der Waals surface area contributed by atoms with Crippen molar-refractivity contribution in [2.45, 2.75) is 40.2 Å². The number of amides is 1. The van der Waals surface area contributed by atoms with E-state index in [1.807, 2.05) is 44.2 Å². The maximum atomic E-state index is 12.1. The Balaban J connectivity index is 0.00000363. The molecule has 1 unspecified atom stereocenters. The van der Waals surface area contributed by atoms with Crippen LogP contribution >= 0.6 is 24.0 Å². The first-order chi connectivity index (χ1) is 15.1. The highest BCUT2D eigenvalue weighted by Crippen LogP contribution is 2.17. The molecule has 0 fully saturated rings. The highest BCUT2D eigenvalue weighted by molar-refractivity contribution is 14.0. The zero-order valence-corrected chi connectivity index (χ0v) is 21.4. The minimum Gasteiger partial charge on any atom is -0.361 e. The molecule has 0 aliphatic rings. The second kappa shape index (κ2) is 13.1. The predicted octanol–water partition coefficient (Wildman–Crippen LogP) is 5.07. The molecule has 2 aromatic carbocycles. The number of aromatic amines is 1. The Morgan fingerprint density at radius 1 is 1.09 bits per heavy atom. The Kier molecular flexibility index (Phi) is 10.5. The fourth-order valence-electron chi connectivity index (χ4n) is 3.36. The first-order valence-electron chi connectivity index (χ1n) is 11.1. The molecule has 7 heteroatoms. The highest BCUT2D eigenvalue weighted by atomic mass is 127. The molecule has 0 saturated heterocycles. The lowest BCUT2D eigenvalue weighted by Gasteiger charge is -2.12. The van der Waals surface area contributed by atoms with Crippen molar-refractivity contribution in [1.82, 2.24) is 15.6 Å². The lowest BCUT2D eigenvalue weighted by atomic mass is 10.1. The van der Waals surface area contributed by atoms with Crippen LogP contribution in [-0.4, -0.2) is 29.9 Å². The van der Waals surface area contributed by atoms with Gasteiger partial charge in [0, 0.05) is 41.8 Å². The van der Waals surface area contributed by atoms with Crippen LogP contribution in [0.1, 0.15) is 38.3 Å². The summed E-state index contributed by atoms with van der Waals surface area (Å²) in [5, 5.41) is 11.0. The van der Waals surface area contributed by atoms with Gasteiger partial charge in [0.15, 0.2) is 5.96 Å². The number of aliphatic imine (C=N–C) groups is 1. The van der Waals surface area contributed by atoms with Crippen LogP contribution in [0.2, 0.25) is 0 Å². The van der Waals surface area contributed by atoms with E-state index in [1.165, 1.54) is 16.5 Å². The Labute approximate surface area is 207 Å². The van der Waals surface area contributed by atoms with Crippen LogP contribution in [0.25, 0.3) is 10.9 Å². The number of hydrogen-bond donors (Lipinski definition) is 4. The van der Waals surface area contributed by atoms with Crippen molar-refractivity contribution in [2.75, 3.05) is 18.4 Å². The zero-order chi connectivity index (χ0) is 22.1. The largest absolute Gasteiger partial charge is 0.361 e. The van der Waals surface area contributed by atoms with Gasteiger partial charge in [-0.1, -0.05) is 44.2 Å². The number of nitrogens with one attached hydrogen (secondary N) is 4. The van der Waals surface area contributed by atoms with Crippen LogP contribution in [0, 0.1) is 5.92 Å². The molecule has 32 heavy (non-hydrogen) atoms. The smallest absolute Gasteiger partial charge is 0.227 e. The summed E-state index contributed by atoms with van der Waals surface area (Å²) >= 11 is 0. The lowest BCUT2D eigenvalue weighted by Crippen LogP contribution is -2.38. The summed E-state index contributed by atoms with van der Waals surface area (Å²) in [6.07, 6.45) is 3.81. The molecule has 6 nitrogen and oxygen atoms in total. The van der Waals surface area contributed by atoms with Crippen LogP contribution in [0.3, 0.4) is 0 Å². The van der Waals surface area contributed by atoms with E-state index >= 15 is 0 Å². The molecule has 1 atom stereocenters. The van der Waals surface area contributed by atoms with Crippen LogP contribution < -0.4 is 16.0 Å². The molecule has 0 radical (unpaired) electrons. The van der Waals surface area contributed by atoms with Gasteiger partial charge in [-0.2, -0.15) is 0 Å². The molecule has 3 aromatic rings. The minimum absolute atomic E-state index is 0. The van der Waals surface area contributed by atoms with Crippen LogP contribution in [0.5, 0.6) is 0 Å². The van der Waals surface area contributed by atoms with E-state index in [1.54, 1.807) is 0 Å². The van der Waals surface area contributed by atoms with Crippen molar-refractivity contribution in [3.63, 3.8) is 0 Å². The number of fused-ring (bicyclic) bond motifs is 1. The Bertz CT molecular complexity index is 1030. The summed E-state index contributed by atoms with van der Waals surface area (Å²) in [7, 11) is 0. The van der Waals surface area contributed by atoms with E-state index in [-0.39, 0.29) is 35.8 Å². The number of rotatable bonds is 9. The summed E-state index contributed by atoms with van der Waals surface area (Å²) in [6.45, 7) is 8.14. The third-order valence-electron chi connectivity index (χ3n) is 5.38. The number of aromatic nitrogens is 1. The van der Waals surface area contributed by atoms with E-state index in [0.29, 0.717) is 6.54 Å². The molecule has 3 rings (SSSR count). The van der Waals surface area contributed by atoms with Gasteiger partial charge < -0.3 is 20.9 Å². The van der Waals surface area contributed by atoms with E-state index in [0.717, 1.165) is 43.1 Å². The maximum absolute atomic E-state index is 12.1. The fourth-order valence-corrected chi connectivity index (χ4v) is 3.36. The zero-order valence-electron chi connectivity index (χ0n) is 19.1. The van der Waals surface area contributed by atoms with Gasteiger partial charge in [0.05, 0.1) is 6.54 Å². The Hall–Kier alpha value is -2.55. The normalized spacial score (nSPS) is 12.2. The maximum Gasteiger partial charge on any atom is 0.227 e. The summed E-state index contributed by atoms with van der Waals surface area (Å²) in [4.78, 5) is 20.2. The summed E-state index contributed by atoms with van der Waals surface area (Å²) in [5.74, 6) is 0.843. The van der Waals surface area contributed by atoms with Gasteiger partial charge in [0.1, 0.15) is 0 Å². The molecule has 0 aliphatic carbocycles. The topological polar surface area (TPSA) is 81.3 Å². The number of carbonyl (C=O) groups is 1. The van der Waals surface area contributed by atoms with Gasteiger partial charge in [-0.3, -0.25) is 4.79 Å². The molecule has 1 heterocycles. The molecular formula is C25H34IN5O. The van der Waals surface area contributed by atoms with Crippen molar-refractivity contribution in [2.24, 2.45) is 10.9 Å². The van der Waals surface area contributed by atoms with Crippen molar-refractivity contribution in [1.29, 1.82) is 0 Å². The number of hydrogen-bond acceptors (Lipinski definition) is 2. The first-order valence-corrected chi connectivity index (χ1v) is 11.1. The number of H-pyrrole nitrogens is 1. The first kappa shape index (κ1) is 25.7. The van der Waals surface area contributed by atoms with E-state index in [9.17, 15) is 4.79 Å². The number of guanidine groups is 1. The Morgan fingerprint density at radius 3 is 2.69 bits per heavy atom. The molecule has 172 valence electrons. The van der Waals surface area contributed by atoms with Crippen molar-refractivity contribution in [3.8, 4) is 0 Å². The average Bonchev–Trinajstić information content (AvgIpc) is 3.20. The molecule has 0 saturated carbocycles. The van der Waals surface area contributed by atoms with E-state index in [2.05, 4.69) is 52.3 Å².